The number of hydrogen-bond donors (Lipinski definition) is 0. The second-order valence-electron chi connectivity index (χ2n) is 4.36. The van der Waals surface area contributed by atoms with Gasteiger partial charge in [-0.3, -0.25) is 14.5 Å². The molecule has 104 valence electrons. The van der Waals surface area contributed by atoms with Crippen LogP contribution in [0.2, 0.25) is 0 Å². The van der Waals surface area contributed by atoms with Gasteiger partial charge in [-0.2, -0.15) is 0 Å². The van der Waals surface area contributed by atoms with E-state index in [-0.39, 0.29) is 11.4 Å². The summed E-state index contributed by atoms with van der Waals surface area (Å²) in [6.07, 6.45) is 1.51. The van der Waals surface area contributed by atoms with Gasteiger partial charge < -0.3 is 9.90 Å². The van der Waals surface area contributed by atoms with Crippen molar-refractivity contribution in [1.29, 1.82) is 0 Å². The van der Waals surface area contributed by atoms with Crippen molar-refractivity contribution in [2.75, 3.05) is 0 Å². The zero-order valence-corrected chi connectivity index (χ0v) is 10.6. The number of carboxylic acid groups (broad SMARTS) is 1. The van der Waals surface area contributed by atoms with Crippen molar-refractivity contribution in [2.24, 2.45) is 0 Å². The number of carboxylic acids is 1. The van der Waals surface area contributed by atoms with Gasteiger partial charge in [-0.15, -0.1) is 0 Å². The molecule has 0 saturated carbocycles. The lowest BCUT2D eigenvalue weighted by Gasteiger charge is -2.04. The Balaban J connectivity index is 2.18. The highest BCUT2D eigenvalue weighted by atomic mass is 16.6. The highest BCUT2D eigenvalue weighted by molar-refractivity contribution is 5.85. The maximum absolute atomic E-state index is 11.1. The van der Waals surface area contributed by atoms with Gasteiger partial charge in [0.05, 0.1) is 22.3 Å². The summed E-state index contributed by atoms with van der Waals surface area (Å²) in [5.74, 6) is -1.32. The third-order valence-electron chi connectivity index (χ3n) is 3.05. The zero-order valence-electron chi connectivity index (χ0n) is 10.6. The maximum Gasteiger partial charge on any atom is 0.270 e. The molecule has 0 unspecified atom stereocenters. The Kier molecular flexibility index (Phi) is 2.87. The SMILES string of the molecule is O=C([O-])c1cccc2nc(-c3cccc([N+](=O)[O-])c3)cn12. The van der Waals surface area contributed by atoms with Crippen LogP contribution in [0.25, 0.3) is 16.9 Å². The summed E-state index contributed by atoms with van der Waals surface area (Å²) in [7, 11) is 0. The number of aromatic carboxylic acids is 1. The number of pyridine rings is 1. The summed E-state index contributed by atoms with van der Waals surface area (Å²) in [4.78, 5) is 25.6. The van der Waals surface area contributed by atoms with Crippen LogP contribution in [0, 0.1) is 10.1 Å². The summed E-state index contributed by atoms with van der Waals surface area (Å²) >= 11 is 0. The van der Waals surface area contributed by atoms with Crippen LogP contribution in [0.5, 0.6) is 0 Å². The Morgan fingerprint density at radius 2 is 1.95 bits per heavy atom. The first-order valence-corrected chi connectivity index (χ1v) is 6.00. The van der Waals surface area contributed by atoms with E-state index in [4.69, 9.17) is 0 Å². The molecule has 0 N–H and O–H groups in total. The predicted octanol–water partition coefficient (Wildman–Crippen LogP) is 1.27. The van der Waals surface area contributed by atoms with Gasteiger partial charge in [0.25, 0.3) is 5.69 Å². The van der Waals surface area contributed by atoms with E-state index < -0.39 is 10.9 Å². The first kappa shape index (κ1) is 12.8. The molecule has 0 aliphatic rings. The first-order valence-electron chi connectivity index (χ1n) is 6.00. The monoisotopic (exact) mass is 282 g/mol. The second kappa shape index (κ2) is 4.71. The van der Waals surface area contributed by atoms with Crippen LogP contribution in [0.1, 0.15) is 10.5 Å². The predicted molar refractivity (Wildman–Crippen MR) is 71.6 cm³/mol. The Hall–Kier alpha value is -3.22. The van der Waals surface area contributed by atoms with Crippen LogP contribution in [0.3, 0.4) is 0 Å². The number of aromatic nitrogens is 2. The normalized spacial score (nSPS) is 10.7. The maximum atomic E-state index is 11.1. The molecule has 7 nitrogen and oxygen atoms in total. The van der Waals surface area contributed by atoms with Gasteiger partial charge >= 0.3 is 0 Å². The molecule has 7 heteroatoms. The number of hydrogen-bond acceptors (Lipinski definition) is 5. The van der Waals surface area contributed by atoms with Crippen LogP contribution in [0.15, 0.2) is 48.7 Å². The number of benzene rings is 1. The summed E-state index contributed by atoms with van der Waals surface area (Å²) in [5, 5.41) is 21.8. The average molecular weight is 282 g/mol. The lowest BCUT2D eigenvalue weighted by Crippen LogP contribution is -2.24. The number of nitrogens with zero attached hydrogens (tertiary/aromatic N) is 3. The number of imidazole rings is 1. The van der Waals surface area contributed by atoms with E-state index in [1.54, 1.807) is 24.3 Å². The molecule has 0 amide bonds. The molecule has 0 bridgehead atoms. The van der Waals surface area contributed by atoms with Crippen molar-refractivity contribution in [3.8, 4) is 11.3 Å². The third-order valence-corrected chi connectivity index (χ3v) is 3.05. The molecule has 3 rings (SSSR count). The van der Waals surface area contributed by atoms with Gasteiger partial charge in [0.15, 0.2) is 0 Å². The fourth-order valence-electron chi connectivity index (χ4n) is 2.09. The van der Waals surface area contributed by atoms with E-state index >= 15 is 0 Å². The molecule has 0 saturated heterocycles. The third kappa shape index (κ3) is 2.20. The van der Waals surface area contributed by atoms with Gasteiger partial charge in [0.2, 0.25) is 0 Å². The molecule has 21 heavy (non-hydrogen) atoms. The Morgan fingerprint density at radius 3 is 2.67 bits per heavy atom. The van der Waals surface area contributed by atoms with Crippen LogP contribution in [0.4, 0.5) is 5.69 Å². The minimum atomic E-state index is -1.32. The number of rotatable bonds is 3. The van der Waals surface area contributed by atoms with Gasteiger partial charge in [-0.1, -0.05) is 18.2 Å². The summed E-state index contributed by atoms with van der Waals surface area (Å²) < 4.78 is 1.38. The zero-order chi connectivity index (χ0) is 15.0. The molecule has 2 aromatic heterocycles. The van der Waals surface area contributed by atoms with E-state index in [0.717, 1.165) is 0 Å². The Morgan fingerprint density at radius 1 is 1.19 bits per heavy atom. The first-order chi connectivity index (χ1) is 10.1. The van der Waals surface area contributed by atoms with E-state index in [1.807, 2.05) is 0 Å². The quantitative estimate of drug-likeness (QED) is 0.532. The molecule has 2 heterocycles. The fraction of sp³-hybridized carbons (Fsp3) is 0. The van der Waals surface area contributed by atoms with Crippen LogP contribution in [-0.2, 0) is 0 Å². The molecule has 0 spiro atoms. The minimum absolute atomic E-state index is 0.0309. The number of carbonyl (C=O) groups is 1. The van der Waals surface area contributed by atoms with Crippen LogP contribution in [-0.4, -0.2) is 20.3 Å². The van der Waals surface area contributed by atoms with E-state index in [0.29, 0.717) is 16.9 Å². The van der Waals surface area contributed by atoms with E-state index in [1.165, 1.54) is 28.8 Å². The molecular weight excluding hydrogens is 274 g/mol. The van der Waals surface area contributed by atoms with Crippen molar-refractivity contribution in [3.05, 3.63) is 64.5 Å². The van der Waals surface area contributed by atoms with Gasteiger partial charge in [-0.25, -0.2) is 4.98 Å². The number of fused-ring (bicyclic) bond motifs is 1. The summed E-state index contributed by atoms with van der Waals surface area (Å²) in [6, 6.07) is 10.6. The van der Waals surface area contributed by atoms with Crippen molar-refractivity contribution in [2.45, 2.75) is 0 Å². The highest BCUT2D eigenvalue weighted by Gasteiger charge is 2.11. The topological polar surface area (TPSA) is 101 Å². The molecule has 0 fully saturated rings. The summed E-state index contributed by atoms with van der Waals surface area (Å²) in [5.41, 5.74) is 1.34. The van der Waals surface area contributed by atoms with E-state index in [2.05, 4.69) is 4.98 Å². The number of nitro benzene ring substituents is 1. The molecule has 1 aromatic carbocycles. The van der Waals surface area contributed by atoms with Crippen molar-refractivity contribution >= 4 is 17.3 Å². The van der Waals surface area contributed by atoms with Gasteiger partial charge in [0, 0.05) is 23.9 Å². The van der Waals surface area contributed by atoms with Gasteiger partial charge in [-0.05, 0) is 12.1 Å². The van der Waals surface area contributed by atoms with Crippen LogP contribution < -0.4 is 5.11 Å². The molecule has 0 aliphatic heterocycles. The molecule has 0 atom stereocenters. The van der Waals surface area contributed by atoms with Crippen molar-refractivity contribution in [1.82, 2.24) is 9.38 Å². The average Bonchev–Trinajstić information content (AvgIpc) is 2.91. The highest BCUT2D eigenvalue weighted by Crippen LogP contribution is 2.24. The minimum Gasteiger partial charge on any atom is -0.543 e. The van der Waals surface area contributed by atoms with Crippen LogP contribution >= 0.6 is 0 Å². The Bertz CT molecular complexity index is 870. The fourth-order valence-corrected chi connectivity index (χ4v) is 2.09. The number of non-ortho nitro benzene ring substituents is 1. The standard InChI is InChI=1S/C14H9N3O4/c18-14(19)12-5-2-6-13-15-11(8-16(12)13)9-3-1-4-10(7-9)17(20)21/h1-8H,(H,18,19)/p-1. The molecule has 3 aromatic rings. The molecule has 0 radical (unpaired) electrons. The number of carbonyl (C=O) groups excluding carboxylic acids is 1. The van der Waals surface area contributed by atoms with Crippen molar-refractivity contribution < 1.29 is 14.8 Å². The Labute approximate surface area is 118 Å². The lowest BCUT2D eigenvalue weighted by atomic mass is 10.1. The summed E-state index contributed by atoms with van der Waals surface area (Å²) in [6.45, 7) is 0. The van der Waals surface area contributed by atoms with Gasteiger partial charge in [0.1, 0.15) is 5.65 Å². The van der Waals surface area contributed by atoms with Crippen molar-refractivity contribution in [3.63, 3.8) is 0 Å². The smallest absolute Gasteiger partial charge is 0.270 e. The van der Waals surface area contributed by atoms with E-state index in [9.17, 15) is 20.0 Å². The largest absolute Gasteiger partial charge is 0.543 e. The number of nitro groups is 1. The second-order valence-corrected chi connectivity index (χ2v) is 4.36. The molecule has 0 aliphatic carbocycles. The lowest BCUT2D eigenvalue weighted by molar-refractivity contribution is -0.384. The molecular formula is C14H8N3O4-.